The molecule has 1 heteroatoms. The Morgan fingerprint density at radius 3 is 0.642 bits per heavy atom. The molecule has 0 atom stereocenters. The van der Waals surface area contributed by atoms with E-state index in [9.17, 15) is 0 Å². The van der Waals surface area contributed by atoms with Crippen molar-refractivity contribution in [3.63, 3.8) is 0 Å². The van der Waals surface area contributed by atoms with Crippen LogP contribution in [0.1, 0.15) is 0 Å². The van der Waals surface area contributed by atoms with Gasteiger partial charge in [-0.15, -0.1) is 0 Å². The molecule has 0 aliphatic carbocycles. The van der Waals surface area contributed by atoms with Crippen LogP contribution in [0.3, 0.4) is 0 Å². The molecule has 0 bridgehead atoms. The second kappa shape index (κ2) is 13.3. The van der Waals surface area contributed by atoms with Gasteiger partial charge in [0.05, 0.1) is 0 Å². The van der Waals surface area contributed by atoms with Crippen LogP contribution in [0.5, 0.6) is 0 Å². The Morgan fingerprint density at radius 1 is 0.189 bits per heavy atom. The van der Waals surface area contributed by atoms with Crippen LogP contribution in [-0.2, 0) is 0 Å². The maximum Gasteiger partial charge on any atom is 0.0122 e. The summed E-state index contributed by atoms with van der Waals surface area (Å²) in [7, 11) is 0. The Bertz CT molecular complexity index is 2610. The van der Waals surface area contributed by atoms with Crippen LogP contribution in [0.25, 0.3) is 87.6 Å². The van der Waals surface area contributed by atoms with Crippen molar-refractivity contribution in [3.8, 4) is 44.5 Å². The van der Waals surface area contributed by atoms with Crippen LogP contribution in [0.15, 0.2) is 216 Å². The van der Waals surface area contributed by atoms with E-state index < -0.39 is 0 Å². The van der Waals surface area contributed by atoms with E-state index in [0.717, 1.165) is 0 Å². The Labute approximate surface area is 314 Å². The van der Waals surface area contributed by atoms with Gasteiger partial charge in [-0.25, -0.2) is 0 Å². The van der Waals surface area contributed by atoms with Crippen molar-refractivity contribution < 1.29 is 0 Å². The largest absolute Gasteiger partial charge is 0.0901 e. The van der Waals surface area contributed by atoms with Crippen molar-refractivity contribution in [1.29, 1.82) is 0 Å². The quantitative estimate of drug-likeness (QED) is 0.157. The van der Waals surface area contributed by atoms with Gasteiger partial charge in [0.15, 0.2) is 0 Å². The van der Waals surface area contributed by atoms with E-state index in [0.29, 0.717) is 0 Å². The summed E-state index contributed by atoms with van der Waals surface area (Å²) < 4.78 is 0. The first kappa shape index (κ1) is 31.3. The monoisotopic (exact) mass is 690 g/mol. The molecular formula is C52H34S. The normalized spacial score (nSPS) is 11.5. The lowest BCUT2D eigenvalue weighted by molar-refractivity contribution is 1.41. The summed E-state index contributed by atoms with van der Waals surface area (Å²) in [5.74, 6) is 0. The van der Waals surface area contributed by atoms with E-state index >= 15 is 0 Å². The van der Waals surface area contributed by atoms with Gasteiger partial charge in [0.2, 0.25) is 0 Å². The van der Waals surface area contributed by atoms with Crippen LogP contribution < -0.4 is 0 Å². The van der Waals surface area contributed by atoms with Crippen LogP contribution in [0.2, 0.25) is 0 Å². The third-order valence-electron chi connectivity index (χ3n) is 10.5. The van der Waals surface area contributed by atoms with Crippen LogP contribution in [-0.4, -0.2) is 0 Å². The van der Waals surface area contributed by atoms with Crippen molar-refractivity contribution in [1.82, 2.24) is 0 Å². The van der Waals surface area contributed by atoms with Gasteiger partial charge in [-0.2, -0.15) is 0 Å². The molecule has 0 saturated carbocycles. The average molecular weight is 691 g/mol. The van der Waals surface area contributed by atoms with E-state index in [1.807, 2.05) is 11.8 Å². The molecule has 0 heterocycles. The average Bonchev–Trinajstić information content (AvgIpc) is 3.23. The van der Waals surface area contributed by atoms with Crippen molar-refractivity contribution in [2.45, 2.75) is 9.79 Å². The maximum atomic E-state index is 2.29. The van der Waals surface area contributed by atoms with Gasteiger partial charge in [0.25, 0.3) is 0 Å². The lowest BCUT2D eigenvalue weighted by Gasteiger charge is -2.18. The first-order valence-electron chi connectivity index (χ1n) is 18.2. The molecule has 0 nitrogen and oxygen atoms in total. The highest BCUT2D eigenvalue weighted by atomic mass is 32.2. The second-order valence-corrected chi connectivity index (χ2v) is 14.7. The summed E-state index contributed by atoms with van der Waals surface area (Å²) in [6.07, 6.45) is 0. The predicted molar refractivity (Wildman–Crippen MR) is 229 cm³/mol. The highest BCUT2D eigenvalue weighted by Gasteiger charge is 2.18. The zero-order valence-electron chi connectivity index (χ0n) is 29.0. The molecule has 10 aromatic rings. The number of hydrogen-bond acceptors (Lipinski definition) is 1. The fraction of sp³-hybridized carbons (Fsp3) is 0. The van der Waals surface area contributed by atoms with Crippen LogP contribution in [0, 0.1) is 0 Å². The lowest BCUT2D eigenvalue weighted by atomic mass is 9.86. The van der Waals surface area contributed by atoms with E-state index in [2.05, 4.69) is 206 Å². The minimum Gasteiger partial charge on any atom is -0.0901 e. The molecule has 10 aromatic carbocycles. The molecule has 0 spiro atoms. The van der Waals surface area contributed by atoms with Gasteiger partial charge in [-0.3, -0.25) is 0 Å². The van der Waals surface area contributed by atoms with Gasteiger partial charge in [-0.1, -0.05) is 194 Å². The molecule has 0 fully saturated rings. The Kier molecular flexibility index (Phi) is 7.86. The first-order valence-corrected chi connectivity index (χ1v) is 19.0. The minimum absolute atomic E-state index is 1.22. The zero-order valence-corrected chi connectivity index (χ0v) is 29.9. The van der Waals surface area contributed by atoms with Crippen molar-refractivity contribution in [2.24, 2.45) is 0 Å². The summed E-state index contributed by atoms with van der Waals surface area (Å²) in [5.41, 5.74) is 10.1. The van der Waals surface area contributed by atoms with Crippen LogP contribution in [0.4, 0.5) is 0 Å². The summed E-state index contributed by atoms with van der Waals surface area (Å²) in [5, 5.41) is 10.2. The Balaban J connectivity index is 1.01. The predicted octanol–water partition coefficient (Wildman–Crippen LogP) is 15.1. The molecule has 0 N–H and O–H groups in total. The molecule has 0 unspecified atom stereocenters. The second-order valence-electron chi connectivity index (χ2n) is 13.6. The highest BCUT2D eigenvalue weighted by molar-refractivity contribution is 7.99. The third kappa shape index (κ3) is 5.49. The van der Waals surface area contributed by atoms with Gasteiger partial charge >= 0.3 is 0 Å². The molecular weight excluding hydrogens is 657 g/mol. The number of benzene rings is 10. The number of hydrogen-bond donors (Lipinski definition) is 0. The van der Waals surface area contributed by atoms with Crippen molar-refractivity contribution in [2.75, 3.05) is 0 Å². The summed E-state index contributed by atoms with van der Waals surface area (Å²) >= 11 is 1.81. The van der Waals surface area contributed by atoms with Crippen molar-refractivity contribution >= 4 is 54.9 Å². The molecule has 0 saturated heterocycles. The van der Waals surface area contributed by atoms with E-state index in [1.54, 1.807) is 0 Å². The SMILES string of the molecule is c1ccc(-c2c3ccccc3c(-c3ccc(Sc4ccc(-c5c6ccccc6c(-c6ccccc6)c6ccccc56)cc4)cc3)c3ccccc23)cc1. The lowest BCUT2D eigenvalue weighted by Crippen LogP contribution is -1.91. The molecule has 0 radical (unpaired) electrons. The minimum atomic E-state index is 1.22. The molecule has 0 aliphatic rings. The highest BCUT2D eigenvalue weighted by Crippen LogP contribution is 2.46. The third-order valence-corrected chi connectivity index (χ3v) is 11.5. The van der Waals surface area contributed by atoms with E-state index in [-0.39, 0.29) is 0 Å². The Morgan fingerprint density at radius 2 is 0.396 bits per heavy atom. The van der Waals surface area contributed by atoms with Crippen molar-refractivity contribution in [3.05, 3.63) is 206 Å². The van der Waals surface area contributed by atoms with E-state index in [4.69, 9.17) is 0 Å². The molecule has 53 heavy (non-hydrogen) atoms. The van der Waals surface area contributed by atoms with Gasteiger partial charge in [0, 0.05) is 9.79 Å². The summed E-state index contributed by atoms with van der Waals surface area (Å²) in [6.45, 7) is 0. The standard InChI is InChI=1S/C52H34S/c1-3-15-35(16-4-1)49-41-19-7-11-23-45(41)51(46-24-12-8-20-42(46)49)37-27-31-39(32-28-37)53-40-33-29-38(30-34-40)52-47-25-13-9-21-43(47)50(36-17-5-2-6-18-36)44-22-10-14-26-48(44)52/h1-34H. The fourth-order valence-electron chi connectivity index (χ4n) is 8.23. The van der Waals surface area contributed by atoms with E-state index in [1.165, 1.54) is 97.4 Å². The molecule has 10 rings (SSSR count). The van der Waals surface area contributed by atoms with Gasteiger partial charge < -0.3 is 0 Å². The first-order chi connectivity index (χ1) is 26.3. The Hall–Kier alpha value is -6.41. The van der Waals surface area contributed by atoms with Gasteiger partial charge in [0.1, 0.15) is 0 Å². The molecule has 248 valence electrons. The summed E-state index contributed by atoms with van der Waals surface area (Å²) in [6, 6.07) is 75.2. The van der Waals surface area contributed by atoms with Crippen LogP contribution >= 0.6 is 11.8 Å². The molecule has 0 aliphatic heterocycles. The smallest absolute Gasteiger partial charge is 0.0122 e. The summed E-state index contributed by atoms with van der Waals surface area (Å²) in [4.78, 5) is 2.44. The molecule has 0 aromatic heterocycles. The number of fused-ring (bicyclic) bond motifs is 4. The number of rotatable bonds is 6. The zero-order chi connectivity index (χ0) is 35.1. The fourth-order valence-corrected chi connectivity index (χ4v) is 9.04. The molecule has 0 amide bonds. The topological polar surface area (TPSA) is 0 Å². The van der Waals surface area contributed by atoms with Gasteiger partial charge in [-0.05, 0) is 112 Å². The maximum absolute atomic E-state index is 2.29.